The maximum Gasteiger partial charge on any atom is 0.573 e. The highest BCUT2D eigenvalue weighted by molar-refractivity contribution is 5.89. The van der Waals surface area contributed by atoms with Crippen LogP contribution in [0.2, 0.25) is 0 Å². The molecule has 2 aromatic carbocycles. The molecule has 33 heavy (non-hydrogen) atoms. The number of morpholine rings is 1. The second kappa shape index (κ2) is 9.28. The van der Waals surface area contributed by atoms with Gasteiger partial charge in [0.1, 0.15) is 17.2 Å². The van der Waals surface area contributed by atoms with Crippen LogP contribution in [-0.4, -0.2) is 53.5 Å². The average molecular weight is 461 g/mol. The minimum absolute atomic E-state index is 0.150. The average Bonchev–Trinajstić information content (AvgIpc) is 2.80. The van der Waals surface area contributed by atoms with Crippen molar-refractivity contribution in [2.24, 2.45) is 5.73 Å². The Kier molecular flexibility index (Phi) is 6.27. The van der Waals surface area contributed by atoms with E-state index >= 15 is 0 Å². The van der Waals surface area contributed by atoms with Crippen LogP contribution < -0.4 is 20.1 Å². The molecular weight excluding hydrogens is 443 g/mol. The van der Waals surface area contributed by atoms with Gasteiger partial charge in [0.2, 0.25) is 11.8 Å². The molecule has 1 aromatic heterocycles. The number of halogens is 3. The first-order valence-electron chi connectivity index (χ1n) is 9.79. The Bertz CT molecular complexity index is 1120. The van der Waals surface area contributed by atoms with Crippen LogP contribution in [-0.2, 0) is 4.74 Å². The standard InChI is InChI=1S/C21H18F3N5O4/c22-21(23,24)33-16-7-5-15(6-8-16)32-14-3-1-13(2-4-14)18-26-19(17(25)30)28-20(27-18)29-9-11-31-12-10-29/h1-8H,9-12H2,(H2,25,30). The van der Waals surface area contributed by atoms with Crippen LogP contribution >= 0.6 is 0 Å². The third-order valence-electron chi connectivity index (χ3n) is 4.54. The van der Waals surface area contributed by atoms with Crippen LogP contribution in [0.5, 0.6) is 17.2 Å². The van der Waals surface area contributed by atoms with Gasteiger partial charge in [-0.2, -0.15) is 9.97 Å². The fraction of sp³-hybridized carbons (Fsp3) is 0.238. The molecule has 0 aliphatic carbocycles. The number of hydrogen-bond donors (Lipinski definition) is 1. The molecule has 1 aliphatic rings. The van der Waals surface area contributed by atoms with Crippen molar-refractivity contribution < 1.29 is 32.2 Å². The minimum Gasteiger partial charge on any atom is -0.457 e. The molecule has 4 rings (SSSR count). The molecule has 0 radical (unpaired) electrons. The van der Waals surface area contributed by atoms with Gasteiger partial charge in [-0.25, -0.2) is 4.98 Å². The first-order chi connectivity index (χ1) is 15.8. The van der Waals surface area contributed by atoms with Crippen LogP contribution in [0.3, 0.4) is 0 Å². The second-order valence-corrected chi connectivity index (χ2v) is 6.89. The Morgan fingerprint density at radius 3 is 2.06 bits per heavy atom. The Labute approximate surface area is 185 Å². The zero-order chi connectivity index (χ0) is 23.4. The van der Waals surface area contributed by atoms with E-state index in [1.165, 1.54) is 12.1 Å². The summed E-state index contributed by atoms with van der Waals surface area (Å²) in [4.78, 5) is 26.4. The first kappa shape index (κ1) is 22.3. The summed E-state index contributed by atoms with van der Waals surface area (Å²) >= 11 is 0. The van der Waals surface area contributed by atoms with Gasteiger partial charge in [-0.1, -0.05) is 0 Å². The molecule has 1 aliphatic heterocycles. The summed E-state index contributed by atoms with van der Waals surface area (Å²) in [5.74, 6) is 0.0818. The van der Waals surface area contributed by atoms with Gasteiger partial charge < -0.3 is 24.8 Å². The monoisotopic (exact) mass is 461 g/mol. The highest BCUT2D eigenvalue weighted by Gasteiger charge is 2.31. The highest BCUT2D eigenvalue weighted by Crippen LogP contribution is 2.28. The summed E-state index contributed by atoms with van der Waals surface area (Å²) in [5.41, 5.74) is 5.98. The van der Waals surface area contributed by atoms with Crippen LogP contribution in [0.4, 0.5) is 19.1 Å². The maximum atomic E-state index is 12.3. The molecular formula is C21H18F3N5O4. The highest BCUT2D eigenvalue weighted by atomic mass is 19.4. The number of nitrogens with zero attached hydrogens (tertiary/aromatic N) is 4. The van der Waals surface area contributed by atoms with E-state index in [4.69, 9.17) is 15.2 Å². The molecule has 0 spiro atoms. The minimum atomic E-state index is -4.76. The van der Waals surface area contributed by atoms with E-state index in [0.29, 0.717) is 49.3 Å². The lowest BCUT2D eigenvalue weighted by Gasteiger charge is -2.26. The Morgan fingerprint density at radius 2 is 1.48 bits per heavy atom. The predicted octanol–water partition coefficient (Wildman–Crippen LogP) is 3.17. The second-order valence-electron chi connectivity index (χ2n) is 6.89. The van der Waals surface area contributed by atoms with Gasteiger partial charge in [-0.3, -0.25) is 4.79 Å². The fourth-order valence-corrected chi connectivity index (χ4v) is 3.03. The van der Waals surface area contributed by atoms with Gasteiger partial charge in [0.05, 0.1) is 13.2 Å². The Morgan fingerprint density at radius 1 is 0.909 bits per heavy atom. The summed E-state index contributed by atoms with van der Waals surface area (Å²) in [6, 6.07) is 11.7. The number of amides is 1. The van der Waals surface area contributed by atoms with Crippen molar-refractivity contribution in [1.82, 2.24) is 15.0 Å². The normalized spacial score (nSPS) is 14.1. The van der Waals surface area contributed by atoms with Crippen molar-refractivity contribution in [1.29, 1.82) is 0 Å². The molecule has 2 heterocycles. The number of nitrogens with two attached hydrogens (primary N) is 1. The fourth-order valence-electron chi connectivity index (χ4n) is 3.03. The van der Waals surface area contributed by atoms with E-state index in [1.807, 2.05) is 4.90 Å². The molecule has 12 heteroatoms. The molecule has 0 atom stereocenters. The van der Waals surface area contributed by atoms with Crippen molar-refractivity contribution >= 4 is 11.9 Å². The van der Waals surface area contributed by atoms with Gasteiger partial charge in [-0.15, -0.1) is 13.2 Å². The Balaban J connectivity index is 1.51. The van der Waals surface area contributed by atoms with E-state index in [2.05, 4.69) is 19.7 Å². The molecule has 172 valence electrons. The van der Waals surface area contributed by atoms with E-state index < -0.39 is 12.3 Å². The molecule has 9 nitrogen and oxygen atoms in total. The summed E-state index contributed by atoms with van der Waals surface area (Å²) in [6.45, 7) is 2.17. The van der Waals surface area contributed by atoms with Gasteiger partial charge >= 0.3 is 6.36 Å². The van der Waals surface area contributed by atoms with Crippen molar-refractivity contribution in [2.45, 2.75) is 6.36 Å². The molecule has 1 amide bonds. The quantitative estimate of drug-likeness (QED) is 0.596. The smallest absolute Gasteiger partial charge is 0.457 e. The number of hydrogen-bond acceptors (Lipinski definition) is 8. The van der Waals surface area contributed by atoms with Crippen molar-refractivity contribution in [2.75, 3.05) is 31.2 Å². The number of carbonyl (C=O) groups is 1. The summed E-state index contributed by atoms with van der Waals surface area (Å²) in [6.07, 6.45) is -4.76. The van der Waals surface area contributed by atoms with Crippen LogP contribution in [0.15, 0.2) is 48.5 Å². The lowest BCUT2D eigenvalue weighted by atomic mass is 10.2. The molecule has 0 saturated carbocycles. The zero-order valence-corrected chi connectivity index (χ0v) is 17.1. The van der Waals surface area contributed by atoms with E-state index in [0.717, 1.165) is 12.1 Å². The van der Waals surface area contributed by atoms with E-state index in [9.17, 15) is 18.0 Å². The van der Waals surface area contributed by atoms with Crippen LogP contribution in [0.25, 0.3) is 11.4 Å². The molecule has 2 N–H and O–H groups in total. The SMILES string of the molecule is NC(=O)c1nc(-c2ccc(Oc3ccc(OC(F)(F)F)cc3)cc2)nc(N2CCOCC2)n1. The van der Waals surface area contributed by atoms with Gasteiger partial charge in [0.25, 0.3) is 5.91 Å². The van der Waals surface area contributed by atoms with Gasteiger partial charge in [0, 0.05) is 18.7 Å². The van der Waals surface area contributed by atoms with Gasteiger partial charge in [-0.05, 0) is 48.5 Å². The lowest BCUT2D eigenvalue weighted by Crippen LogP contribution is -2.38. The number of alkyl halides is 3. The number of benzene rings is 2. The summed E-state index contributed by atoms with van der Waals surface area (Å²) < 4.78 is 51.6. The summed E-state index contributed by atoms with van der Waals surface area (Å²) in [7, 11) is 0. The predicted molar refractivity (Wildman–Crippen MR) is 110 cm³/mol. The molecule has 0 bridgehead atoms. The van der Waals surface area contributed by atoms with E-state index in [1.54, 1.807) is 24.3 Å². The van der Waals surface area contributed by atoms with Crippen LogP contribution in [0.1, 0.15) is 10.6 Å². The summed E-state index contributed by atoms with van der Waals surface area (Å²) in [5, 5.41) is 0. The number of aromatic nitrogens is 3. The molecule has 0 unspecified atom stereocenters. The number of rotatable bonds is 6. The third-order valence-corrected chi connectivity index (χ3v) is 4.54. The number of carbonyl (C=O) groups excluding carboxylic acids is 1. The first-order valence-corrected chi connectivity index (χ1v) is 9.79. The van der Waals surface area contributed by atoms with Crippen molar-refractivity contribution in [3.8, 4) is 28.6 Å². The number of ether oxygens (including phenoxy) is 3. The van der Waals surface area contributed by atoms with E-state index in [-0.39, 0.29) is 17.4 Å². The zero-order valence-electron chi connectivity index (χ0n) is 17.1. The third kappa shape index (κ3) is 5.86. The van der Waals surface area contributed by atoms with Gasteiger partial charge in [0.15, 0.2) is 5.82 Å². The molecule has 1 fully saturated rings. The van der Waals surface area contributed by atoms with Crippen LogP contribution in [0, 0.1) is 0 Å². The largest absolute Gasteiger partial charge is 0.573 e. The molecule has 3 aromatic rings. The maximum absolute atomic E-state index is 12.3. The number of anilines is 1. The molecule has 1 saturated heterocycles. The van der Waals surface area contributed by atoms with Crippen molar-refractivity contribution in [3.63, 3.8) is 0 Å². The Hall–Kier alpha value is -3.93. The number of primary amides is 1. The topological polar surface area (TPSA) is 113 Å². The lowest BCUT2D eigenvalue weighted by molar-refractivity contribution is -0.274. The van der Waals surface area contributed by atoms with Crippen molar-refractivity contribution in [3.05, 3.63) is 54.4 Å².